The number of hydrogen-bond acceptors (Lipinski definition) is 2. The van der Waals surface area contributed by atoms with E-state index < -0.39 is 11.6 Å². The zero-order chi connectivity index (χ0) is 13.9. The number of carbonyl (C=O) groups excluding carboxylic acids is 2. The number of rotatable bonds is 3. The van der Waals surface area contributed by atoms with Crippen LogP contribution in [0.2, 0.25) is 0 Å². The molecular formula is C14H22N2O2. The van der Waals surface area contributed by atoms with Crippen LogP contribution in [0.5, 0.6) is 0 Å². The van der Waals surface area contributed by atoms with E-state index in [1.54, 1.807) is 4.90 Å². The van der Waals surface area contributed by atoms with Gasteiger partial charge in [0.1, 0.15) is 6.04 Å². The quantitative estimate of drug-likeness (QED) is 0.764. The lowest BCUT2D eigenvalue weighted by Crippen LogP contribution is -2.52. The van der Waals surface area contributed by atoms with Gasteiger partial charge in [-0.25, -0.2) is 0 Å². The molecule has 0 spiro atoms. The average Bonchev–Trinajstić information content (AvgIpc) is 2.39. The smallest absolute Gasteiger partial charge is 0.246 e. The molecule has 1 aliphatic heterocycles. The summed E-state index contributed by atoms with van der Waals surface area (Å²) in [5.74, 6) is 2.81. The standard InChI is InChI=1S/C14H22N2O2/c1-6-14(4,5)16-8-7-12(17)15-11(13(16)18)9-10(2)3/h1,10-11H,7-9H2,2-5H3,(H,15,17). The van der Waals surface area contributed by atoms with E-state index in [0.29, 0.717) is 25.3 Å². The Bertz CT molecular complexity index is 380. The van der Waals surface area contributed by atoms with Crippen LogP contribution in [0.15, 0.2) is 0 Å². The fourth-order valence-corrected chi connectivity index (χ4v) is 2.10. The van der Waals surface area contributed by atoms with Gasteiger partial charge in [0.25, 0.3) is 0 Å². The molecule has 0 aromatic carbocycles. The molecule has 4 heteroatoms. The minimum Gasteiger partial charge on any atom is -0.344 e. The van der Waals surface area contributed by atoms with Crippen LogP contribution in [0, 0.1) is 18.3 Å². The molecule has 0 bridgehead atoms. The van der Waals surface area contributed by atoms with Crippen molar-refractivity contribution in [2.24, 2.45) is 5.92 Å². The van der Waals surface area contributed by atoms with Crippen molar-refractivity contribution in [2.45, 2.75) is 52.1 Å². The molecule has 0 aromatic heterocycles. The van der Waals surface area contributed by atoms with Crippen LogP contribution in [0.4, 0.5) is 0 Å². The third kappa shape index (κ3) is 3.25. The van der Waals surface area contributed by atoms with Crippen molar-refractivity contribution in [3.05, 3.63) is 0 Å². The molecule has 1 heterocycles. The van der Waals surface area contributed by atoms with Crippen molar-refractivity contribution in [3.8, 4) is 12.3 Å². The van der Waals surface area contributed by atoms with E-state index in [9.17, 15) is 9.59 Å². The summed E-state index contributed by atoms with van der Waals surface area (Å²) in [7, 11) is 0. The molecule has 1 rings (SSSR count). The summed E-state index contributed by atoms with van der Waals surface area (Å²) in [6.45, 7) is 8.10. The first-order chi connectivity index (χ1) is 8.27. The minimum absolute atomic E-state index is 0.0718. The molecule has 0 radical (unpaired) electrons. The van der Waals surface area contributed by atoms with Crippen molar-refractivity contribution >= 4 is 11.8 Å². The van der Waals surface area contributed by atoms with Gasteiger partial charge in [-0.1, -0.05) is 19.8 Å². The van der Waals surface area contributed by atoms with Gasteiger partial charge in [-0.15, -0.1) is 6.42 Å². The number of hydrogen-bond donors (Lipinski definition) is 1. The molecular weight excluding hydrogens is 228 g/mol. The van der Waals surface area contributed by atoms with Crippen molar-refractivity contribution in [1.82, 2.24) is 10.2 Å². The Morgan fingerprint density at radius 3 is 2.61 bits per heavy atom. The average molecular weight is 250 g/mol. The maximum Gasteiger partial charge on any atom is 0.246 e. The highest BCUT2D eigenvalue weighted by molar-refractivity contribution is 5.90. The van der Waals surface area contributed by atoms with Crippen molar-refractivity contribution < 1.29 is 9.59 Å². The highest BCUT2D eigenvalue weighted by Crippen LogP contribution is 2.20. The monoisotopic (exact) mass is 250 g/mol. The van der Waals surface area contributed by atoms with Gasteiger partial charge in [0.2, 0.25) is 11.8 Å². The highest BCUT2D eigenvalue weighted by atomic mass is 16.2. The van der Waals surface area contributed by atoms with Crippen LogP contribution in [-0.2, 0) is 9.59 Å². The first-order valence-electron chi connectivity index (χ1n) is 6.36. The number of nitrogens with zero attached hydrogens (tertiary/aromatic N) is 1. The Labute approximate surface area is 109 Å². The molecule has 0 aromatic rings. The normalized spacial score (nSPS) is 21.6. The molecule has 4 nitrogen and oxygen atoms in total. The van der Waals surface area contributed by atoms with E-state index in [-0.39, 0.29) is 11.8 Å². The van der Waals surface area contributed by atoms with E-state index in [4.69, 9.17) is 6.42 Å². The molecule has 1 aliphatic rings. The number of terminal acetylenes is 1. The van der Waals surface area contributed by atoms with E-state index in [0.717, 1.165) is 0 Å². The molecule has 0 aliphatic carbocycles. The van der Waals surface area contributed by atoms with E-state index in [2.05, 4.69) is 11.2 Å². The molecule has 2 amide bonds. The van der Waals surface area contributed by atoms with Gasteiger partial charge in [0, 0.05) is 13.0 Å². The molecule has 1 fully saturated rings. The predicted octanol–water partition coefficient (Wildman–Crippen LogP) is 1.16. The molecule has 0 saturated carbocycles. The first kappa shape index (κ1) is 14.6. The summed E-state index contributed by atoms with van der Waals surface area (Å²) in [6.07, 6.45) is 6.43. The lowest BCUT2D eigenvalue weighted by Gasteiger charge is -2.35. The number of nitrogens with one attached hydrogen (secondary N) is 1. The maximum absolute atomic E-state index is 12.4. The molecule has 1 saturated heterocycles. The van der Waals surface area contributed by atoms with Gasteiger partial charge in [0.05, 0.1) is 5.54 Å². The van der Waals surface area contributed by atoms with Crippen LogP contribution in [-0.4, -0.2) is 34.8 Å². The Balaban J connectivity index is 2.97. The number of amides is 2. The Morgan fingerprint density at radius 1 is 1.50 bits per heavy atom. The second-order valence-corrected chi connectivity index (χ2v) is 5.69. The van der Waals surface area contributed by atoms with Crippen molar-refractivity contribution in [2.75, 3.05) is 6.54 Å². The van der Waals surface area contributed by atoms with Crippen LogP contribution >= 0.6 is 0 Å². The van der Waals surface area contributed by atoms with Gasteiger partial charge < -0.3 is 10.2 Å². The largest absolute Gasteiger partial charge is 0.344 e. The van der Waals surface area contributed by atoms with Crippen LogP contribution < -0.4 is 5.32 Å². The van der Waals surface area contributed by atoms with E-state index in [1.165, 1.54) is 0 Å². The molecule has 1 unspecified atom stereocenters. The molecule has 1 atom stereocenters. The summed E-state index contributed by atoms with van der Waals surface area (Å²) >= 11 is 0. The van der Waals surface area contributed by atoms with Crippen LogP contribution in [0.1, 0.15) is 40.5 Å². The zero-order valence-electron chi connectivity index (χ0n) is 11.6. The Morgan fingerprint density at radius 2 is 2.11 bits per heavy atom. The van der Waals surface area contributed by atoms with Crippen molar-refractivity contribution in [3.63, 3.8) is 0 Å². The summed E-state index contributed by atoms with van der Waals surface area (Å²) in [6, 6.07) is -0.451. The third-order valence-electron chi connectivity index (χ3n) is 3.20. The Hall–Kier alpha value is -1.50. The molecule has 18 heavy (non-hydrogen) atoms. The lowest BCUT2D eigenvalue weighted by molar-refractivity contribution is -0.137. The summed E-state index contributed by atoms with van der Waals surface area (Å²) in [5.41, 5.74) is -0.654. The second kappa shape index (κ2) is 5.43. The fourth-order valence-electron chi connectivity index (χ4n) is 2.10. The van der Waals surface area contributed by atoms with Crippen LogP contribution in [0.3, 0.4) is 0 Å². The fraction of sp³-hybridized carbons (Fsp3) is 0.714. The topological polar surface area (TPSA) is 49.4 Å². The van der Waals surface area contributed by atoms with Gasteiger partial charge in [0.15, 0.2) is 0 Å². The maximum atomic E-state index is 12.4. The predicted molar refractivity (Wildman–Crippen MR) is 70.6 cm³/mol. The minimum atomic E-state index is -0.654. The van der Waals surface area contributed by atoms with Crippen LogP contribution in [0.25, 0.3) is 0 Å². The van der Waals surface area contributed by atoms with Gasteiger partial charge >= 0.3 is 0 Å². The van der Waals surface area contributed by atoms with E-state index >= 15 is 0 Å². The molecule has 1 N–H and O–H groups in total. The third-order valence-corrected chi connectivity index (χ3v) is 3.20. The Kier molecular flexibility index (Phi) is 4.39. The van der Waals surface area contributed by atoms with Gasteiger partial charge in [-0.3, -0.25) is 9.59 Å². The highest BCUT2D eigenvalue weighted by Gasteiger charge is 2.36. The van der Waals surface area contributed by atoms with E-state index in [1.807, 2.05) is 27.7 Å². The van der Waals surface area contributed by atoms with Gasteiger partial charge in [-0.05, 0) is 26.2 Å². The van der Waals surface area contributed by atoms with Crippen molar-refractivity contribution in [1.29, 1.82) is 0 Å². The molecule has 100 valence electrons. The van der Waals surface area contributed by atoms with Gasteiger partial charge in [-0.2, -0.15) is 0 Å². The summed E-state index contributed by atoms with van der Waals surface area (Å²) in [4.78, 5) is 25.7. The zero-order valence-corrected chi connectivity index (χ0v) is 11.6. The number of carbonyl (C=O) groups is 2. The summed E-state index contributed by atoms with van der Waals surface area (Å²) in [5, 5.41) is 2.79. The summed E-state index contributed by atoms with van der Waals surface area (Å²) < 4.78 is 0. The second-order valence-electron chi connectivity index (χ2n) is 5.69. The lowest BCUT2D eigenvalue weighted by atomic mass is 9.99. The SMILES string of the molecule is C#CC(C)(C)N1CCC(=O)NC(CC(C)C)C1=O. The first-order valence-corrected chi connectivity index (χ1v) is 6.36.